The fourth-order valence-corrected chi connectivity index (χ4v) is 1.95. The highest BCUT2D eigenvalue weighted by atomic mass is 31.0. The van der Waals surface area contributed by atoms with Crippen LogP contribution in [0.5, 0.6) is 0 Å². The van der Waals surface area contributed by atoms with Crippen molar-refractivity contribution in [1.82, 2.24) is 5.32 Å². The molecule has 2 atom stereocenters. The zero-order valence-electron chi connectivity index (χ0n) is 12.7. The van der Waals surface area contributed by atoms with Gasteiger partial charge in [0.1, 0.15) is 0 Å². The summed E-state index contributed by atoms with van der Waals surface area (Å²) in [6, 6.07) is 0.411. The Hall–Kier alpha value is -0.340. The number of hydrogen-bond donors (Lipinski definition) is 3. The lowest BCUT2D eigenvalue weighted by molar-refractivity contribution is -0.468. The van der Waals surface area contributed by atoms with Crippen LogP contribution < -0.4 is 16.0 Å². The van der Waals surface area contributed by atoms with Crippen LogP contribution in [0.2, 0.25) is 0 Å². The molecule has 108 valence electrons. The second kappa shape index (κ2) is 14.7. The van der Waals surface area contributed by atoms with Crippen molar-refractivity contribution in [2.75, 3.05) is 26.5 Å². The maximum absolute atomic E-state index is 7.27. The molecular formula is C13H31N3OP+. The van der Waals surface area contributed by atoms with Gasteiger partial charge in [-0.1, -0.05) is 32.1 Å². The normalized spacial score (nSPS) is 14.3. The molecule has 0 spiro atoms. The zero-order valence-corrected chi connectivity index (χ0v) is 12.9. The van der Waals surface area contributed by atoms with Crippen LogP contribution in [0.15, 0.2) is 0 Å². The summed E-state index contributed by atoms with van der Waals surface area (Å²) in [7, 11) is 4.01. The molecule has 4 N–H and O–H groups in total. The molecule has 0 saturated heterocycles. The Bertz CT molecular complexity index is 228. The Morgan fingerprint density at radius 1 is 1.17 bits per heavy atom. The van der Waals surface area contributed by atoms with Crippen molar-refractivity contribution >= 4 is 15.3 Å². The van der Waals surface area contributed by atoms with Gasteiger partial charge in [0.2, 0.25) is 0 Å². The minimum absolute atomic E-state index is 0.210. The minimum Gasteiger partial charge on any atom is -0.435 e. The van der Waals surface area contributed by atoms with Crippen molar-refractivity contribution < 1.29 is 11.1 Å². The largest absolute Gasteiger partial charge is 0.439 e. The van der Waals surface area contributed by atoms with Crippen molar-refractivity contribution in [3.63, 3.8) is 0 Å². The molecule has 0 aromatic rings. The fourth-order valence-electron chi connectivity index (χ4n) is 1.78. The third-order valence-electron chi connectivity index (χ3n) is 2.88. The lowest BCUT2D eigenvalue weighted by atomic mass is 10.1. The number of unbranched alkanes of at least 4 members (excludes halogenated alkanes) is 7. The standard InChI is InChI=1S/C13H30N3OP/c1-17-13(14)16-11-9-7-5-3-2-4-6-8-10-15-12-18/h15H,2-12,18H2,1H3,(H2,14,16)/p+1/i12T. The van der Waals surface area contributed by atoms with Crippen molar-refractivity contribution in [2.45, 2.75) is 51.4 Å². The van der Waals surface area contributed by atoms with Gasteiger partial charge in [0.15, 0.2) is 0 Å². The smallest absolute Gasteiger partial charge is 0.435 e. The molecule has 4 nitrogen and oxygen atoms in total. The van der Waals surface area contributed by atoms with Crippen LogP contribution in [-0.2, 0) is 4.74 Å². The number of methoxy groups -OCH3 is 1. The van der Waals surface area contributed by atoms with E-state index in [1.54, 1.807) is 7.11 Å². The Morgan fingerprint density at radius 3 is 2.28 bits per heavy atom. The van der Waals surface area contributed by atoms with Gasteiger partial charge in [-0.3, -0.25) is 5.73 Å². The van der Waals surface area contributed by atoms with Crippen LogP contribution in [0, 0.1) is 0 Å². The van der Waals surface area contributed by atoms with Gasteiger partial charge in [-0.2, -0.15) is 0 Å². The van der Waals surface area contributed by atoms with Gasteiger partial charge in [0.25, 0.3) is 0 Å². The molecule has 0 fully saturated rings. The molecule has 0 aromatic heterocycles. The predicted molar refractivity (Wildman–Crippen MR) is 81.5 cm³/mol. The molecule has 0 aromatic carbocycles. The van der Waals surface area contributed by atoms with Crippen molar-refractivity contribution in [3.8, 4) is 0 Å². The highest BCUT2D eigenvalue weighted by Crippen LogP contribution is 2.07. The van der Waals surface area contributed by atoms with Crippen LogP contribution in [0.4, 0.5) is 0 Å². The summed E-state index contributed by atoms with van der Waals surface area (Å²) in [4.78, 5) is 3.01. The summed E-state index contributed by atoms with van der Waals surface area (Å²) in [5.74, 6) is 0. The first-order valence-electron chi connectivity index (χ1n) is 7.56. The highest BCUT2D eigenvalue weighted by molar-refractivity contribution is 7.16. The van der Waals surface area contributed by atoms with E-state index >= 15 is 0 Å². The zero-order chi connectivity index (χ0) is 14.3. The lowest BCUT2D eigenvalue weighted by Crippen LogP contribution is -2.75. The SMILES string of the molecule is [3H]C(P)NCCCCCCCCCC[NH+]=C(N)OC. The summed E-state index contributed by atoms with van der Waals surface area (Å²) in [6.45, 7) is 1.86. The number of rotatable bonds is 12. The average Bonchev–Trinajstić information content (AvgIpc) is 2.39. The molecule has 0 saturated carbocycles. The Morgan fingerprint density at radius 2 is 1.72 bits per heavy atom. The maximum Gasteiger partial charge on any atom is 0.439 e. The summed E-state index contributed by atoms with van der Waals surface area (Å²) in [6.07, 6.45) is 9.89. The predicted octanol–water partition coefficient (Wildman–Crippen LogP) is 0.571. The Balaban J connectivity index is 3.07. The average molecular weight is 278 g/mol. The van der Waals surface area contributed by atoms with Gasteiger partial charge in [-0.05, 0) is 25.8 Å². The molecule has 0 aliphatic heterocycles. The highest BCUT2D eigenvalue weighted by Gasteiger charge is 1.95. The van der Waals surface area contributed by atoms with Crippen molar-refractivity contribution in [1.29, 1.82) is 0 Å². The van der Waals surface area contributed by atoms with Crippen LogP contribution in [0.1, 0.15) is 52.7 Å². The lowest BCUT2D eigenvalue weighted by Gasteiger charge is -2.02. The van der Waals surface area contributed by atoms with Crippen molar-refractivity contribution in [2.24, 2.45) is 5.73 Å². The quantitative estimate of drug-likeness (QED) is 0.212. The molecule has 18 heavy (non-hydrogen) atoms. The first-order chi connectivity index (χ1) is 9.16. The summed E-state index contributed by atoms with van der Waals surface area (Å²) < 4.78 is 12.1. The molecule has 0 rings (SSSR count). The van der Waals surface area contributed by atoms with Gasteiger partial charge in [-0.25, -0.2) is 4.99 Å². The van der Waals surface area contributed by atoms with E-state index in [0.717, 1.165) is 19.5 Å². The van der Waals surface area contributed by atoms with E-state index in [9.17, 15) is 0 Å². The minimum atomic E-state index is -0.210. The van der Waals surface area contributed by atoms with E-state index in [1.807, 2.05) is 0 Å². The molecule has 0 heterocycles. The van der Waals surface area contributed by atoms with Gasteiger partial charge >= 0.3 is 6.02 Å². The number of hydrogen-bond acceptors (Lipinski definition) is 2. The van der Waals surface area contributed by atoms with E-state index in [-0.39, 0.29) is 6.26 Å². The van der Waals surface area contributed by atoms with Gasteiger partial charge in [-0.15, -0.1) is 9.24 Å². The number of amidine groups is 1. The molecule has 5 heteroatoms. The molecule has 0 radical (unpaired) electrons. The van der Waals surface area contributed by atoms with E-state index in [2.05, 4.69) is 19.5 Å². The third kappa shape index (κ3) is 13.7. The van der Waals surface area contributed by atoms with Crippen molar-refractivity contribution in [3.05, 3.63) is 0 Å². The van der Waals surface area contributed by atoms with Gasteiger partial charge < -0.3 is 10.1 Å². The van der Waals surface area contributed by atoms with E-state index < -0.39 is 0 Å². The number of nitrogens with one attached hydrogen (secondary N) is 2. The van der Waals surface area contributed by atoms with E-state index in [1.165, 1.54) is 44.9 Å². The fraction of sp³-hybridized carbons (Fsp3) is 0.923. The molecule has 2 unspecified atom stereocenters. The summed E-state index contributed by atoms with van der Waals surface area (Å²) in [5, 5.41) is 3.08. The maximum atomic E-state index is 7.27. The number of nitrogens with two attached hydrogens (primary N) is 1. The molecule has 0 aliphatic rings. The number of ether oxygens (including phenoxy) is 1. The molecular weight excluding hydrogens is 245 g/mol. The van der Waals surface area contributed by atoms with Crippen LogP contribution in [0.25, 0.3) is 0 Å². The Labute approximate surface area is 116 Å². The topological polar surface area (TPSA) is 61.2 Å². The monoisotopic (exact) mass is 278 g/mol. The molecule has 0 bridgehead atoms. The molecule has 0 amide bonds. The third-order valence-corrected chi connectivity index (χ3v) is 3.12. The van der Waals surface area contributed by atoms with Crippen LogP contribution >= 0.6 is 9.24 Å². The van der Waals surface area contributed by atoms with Gasteiger partial charge in [0.05, 0.1) is 13.7 Å². The van der Waals surface area contributed by atoms with Crippen LogP contribution in [0.3, 0.4) is 0 Å². The Kier molecular flexibility index (Phi) is 12.9. The van der Waals surface area contributed by atoms with Gasteiger partial charge in [0, 0.05) is 7.63 Å². The van der Waals surface area contributed by atoms with E-state index in [0.29, 0.717) is 6.02 Å². The van der Waals surface area contributed by atoms with E-state index in [4.69, 9.17) is 11.8 Å². The summed E-state index contributed by atoms with van der Waals surface area (Å²) >= 11 is 0. The van der Waals surface area contributed by atoms with Crippen LogP contribution in [-0.4, -0.2) is 32.5 Å². The second-order valence-electron chi connectivity index (χ2n) is 4.44. The molecule has 0 aliphatic carbocycles. The first kappa shape index (κ1) is 15.7. The second-order valence-corrected chi connectivity index (χ2v) is 4.78. The first-order valence-corrected chi connectivity index (χ1v) is 7.65. The summed E-state index contributed by atoms with van der Waals surface area (Å²) in [5.41, 5.74) is 5.48.